The molecule has 1 aromatic carbocycles. The van der Waals surface area contributed by atoms with Crippen LogP contribution in [0, 0.1) is 5.92 Å². The molecule has 2 N–H and O–H groups in total. The number of nitrogens with zero attached hydrogens (tertiary/aromatic N) is 2. The number of likely N-dealkylation sites (tertiary alicyclic amines) is 1. The molecule has 2 aliphatic heterocycles. The summed E-state index contributed by atoms with van der Waals surface area (Å²) in [5.41, 5.74) is 7.83. The maximum atomic E-state index is 5.88. The van der Waals surface area contributed by atoms with Crippen molar-refractivity contribution in [3.8, 4) is 5.75 Å². The van der Waals surface area contributed by atoms with Crippen LogP contribution in [-0.4, -0.2) is 44.7 Å². The molecule has 4 nitrogen and oxygen atoms in total. The van der Waals surface area contributed by atoms with Crippen LogP contribution >= 0.6 is 0 Å². The normalized spacial score (nSPS) is 27.4. The molecule has 0 aromatic heterocycles. The fraction of sp³-hybridized carbons (Fsp3) is 0.600. The summed E-state index contributed by atoms with van der Waals surface area (Å²) in [5, 5.41) is 0. The van der Waals surface area contributed by atoms with E-state index < -0.39 is 0 Å². The molecule has 2 saturated heterocycles. The van der Waals surface area contributed by atoms with Crippen molar-refractivity contribution in [2.45, 2.75) is 18.9 Å². The van der Waals surface area contributed by atoms with Crippen LogP contribution in [0.25, 0.3) is 0 Å². The van der Waals surface area contributed by atoms with Gasteiger partial charge >= 0.3 is 0 Å². The monoisotopic (exact) mass is 261 g/mol. The number of nitrogen functional groups attached to an aromatic ring is 1. The summed E-state index contributed by atoms with van der Waals surface area (Å²) in [4.78, 5) is 4.99. The highest BCUT2D eigenvalue weighted by Gasteiger charge is 2.36. The number of benzene rings is 1. The average molecular weight is 261 g/mol. The third-order valence-corrected chi connectivity index (χ3v) is 4.69. The standard InChI is InChI=1S/C15H23N3O/c1-17-7-5-11-10-18(8-6-14(11)17)12-3-4-13(16)15(9-12)19-2/h3-4,9,11,14H,5-8,10,16H2,1-2H3. The largest absolute Gasteiger partial charge is 0.495 e. The smallest absolute Gasteiger partial charge is 0.143 e. The van der Waals surface area contributed by atoms with E-state index in [1.165, 1.54) is 25.1 Å². The predicted octanol–water partition coefficient (Wildman–Crippen LogP) is 1.81. The molecule has 0 saturated carbocycles. The summed E-state index contributed by atoms with van der Waals surface area (Å²) in [6, 6.07) is 6.90. The van der Waals surface area contributed by atoms with Crippen LogP contribution < -0.4 is 15.4 Å². The number of rotatable bonds is 2. The van der Waals surface area contributed by atoms with Gasteiger partial charge in [-0.3, -0.25) is 0 Å². The zero-order valence-corrected chi connectivity index (χ0v) is 11.8. The first-order valence-corrected chi connectivity index (χ1v) is 7.07. The Kier molecular flexibility index (Phi) is 3.27. The molecule has 2 heterocycles. The minimum Gasteiger partial charge on any atom is -0.495 e. The van der Waals surface area contributed by atoms with Crippen molar-refractivity contribution in [1.82, 2.24) is 4.90 Å². The zero-order valence-electron chi connectivity index (χ0n) is 11.8. The lowest BCUT2D eigenvalue weighted by Crippen LogP contribution is -2.44. The van der Waals surface area contributed by atoms with Crippen LogP contribution in [0.3, 0.4) is 0 Å². The second-order valence-electron chi connectivity index (χ2n) is 5.76. The third kappa shape index (κ3) is 2.25. The maximum Gasteiger partial charge on any atom is 0.143 e. The van der Waals surface area contributed by atoms with Crippen LogP contribution in [-0.2, 0) is 0 Å². The van der Waals surface area contributed by atoms with Gasteiger partial charge in [0.05, 0.1) is 12.8 Å². The predicted molar refractivity (Wildman–Crippen MR) is 78.8 cm³/mol. The molecule has 2 aliphatic rings. The summed E-state index contributed by atoms with van der Waals surface area (Å²) >= 11 is 0. The molecule has 19 heavy (non-hydrogen) atoms. The number of fused-ring (bicyclic) bond motifs is 1. The van der Waals surface area contributed by atoms with Gasteiger partial charge in [0.1, 0.15) is 5.75 Å². The lowest BCUT2D eigenvalue weighted by Gasteiger charge is -2.38. The Morgan fingerprint density at radius 2 is 2.11 bits per heavy atom. The first kappa shape index (κ1) is 12.6. The number of hydrogen-bond acceptors (Lipinski definition) is 4. The summed E-state index contributed by atoms with van der Waals surface area (Å²) in [6.07, 6.45) is 2.58. The van der Waals surface area contributed by atoms with Crippen molar-refractivity contribution in [2.24, 2.45) is 5.92 Å². The van der Waals surface area contributed by atoms with Gasteiger partial charge in [-0.2, -0.15) is 0 Å². The Morgan fingerprint density at radius 1 is 1.26 bits per heavy atom. The molecule has 0 amide bonds. The molecule has 3 rings (SSSR count). The first-order chi connectivity index (χ1) is 9.19. The first-order valence-electron chi connectivity index (χ1n) is 7.07. The van der Waals surface area contributed by atoms with E-state index in [4.69, 9.17) is 10.5 Å². The van der Waals surface area contributed by atoms with Gasteiger partial charge in [-0.15, -0.1) is 0 Å². The fourth-order valence-electron chi connectivity index (χ4n) is 3.55. The van der Waals surface area contributed by atoms with E-state index in [9.17, 15) is 0 Å². The van der Waals surface area contributed by atoms with E-state index in [1.807, 2.05) is 6.07 Å². The Labute approximate surface area is 115 Å². The second kappa shape index (κ2) is 4.93. The van der Waals surface area contributed by atoms with Gasteiger partial charge in [-0.1, -0.05) is 0 Å². The van der Waals surface area contributed by atoms with E-state index in [-0.39, 0.29) is 0 Å². The molecule has 2 fully saturated rings. The Bertz CT molecular complexity index is 463. The number of anilines is 2. The average Bonchev–Trinajstić information content (AvgIpc) is 2.80. The van der Waals surface area contributed by atoms with E-state index in [2.05, 4.69) is 29.0 Å². The van der Waals surface area contributed by atoms with Crippen LogP contribution in [0.2, 0.25) is 0 Å². The van der Waals surface area contributed by atoms with E-state index >= 15 is 0 Å². The summed E-state index contributed by atoms with van der Waals surface area (Å²) in [5.74, 6) is 1.59. The van der Waals surface area contributed by atoms with Gasteiger partial charge in [0.2, 0.25) is 0 Å². The van der Waals surface area contributed by atoms with Gasteiger partial charge in [-0.05, 0) is 44.5 Å². The molecule has 4 heteroatoms. The van der Waals surface area contributed by atoms with Crippen LogP contribution in [0.5, 0.6) is 5.75 Å². The number of hydrogen-bond donors (Lipinski definition) is 1. The van der Waals surface area contributed by atoms with Gasteiger partial charge in [0, 0.05) is 30.9 Å². The molecule has 0 aliphatic carbocycles. The summed E-state index contributed by atoms with van der Waals surface area (Å²) < 4.78 is 5.32. The number of piperidine rings is 1. The fourth-order valence-corrected chi connectivity index (χ4v) is 3.55. The molecule has 104 valence electrons. The molecule has 0 bridgehead atoms. The minimum atomic E-state index is 0.710. The molecular weight excluding hydrogens is 238 g/mol. The van der Waals surface area contributed by atoms with Crippen molar-refractivity contribution >= 4 is 11.4 Å². The highest BCUT2D eigenvalue weighted by atomic mass is 16.5. The molecule has 0 radical (unpaired) electrons. The molecule has 2 unspecified atom stereocenters. The molecule has 0 spiro atoms. The van der Waals surface area contributed by atoms with Crippen molar-refractivity contribution in [3.05, 3.63) is 18.2 Å². The SMILES string of the molecule is COc1cc(N2CCC3C(CCN3C)C2)ccc1N. The topological polar surface area (TPSA) is 41.7 Å². The van der Waals surface area contributed by atoms with Gasteiger partial charge in [-0.25, -0.2) is 0 Å². The Hall–Kier alpha value is -1.42. The number of nitrogens with two attached hydrogens (primary N) is 1. The summed E-state index contributed by atoms with van der Waals surface area (Å²) in [7, 11) is 3.93. The molecular formula is C15H23N3O. The minimum absolute atomic E-state index is 0.710. The number of methoxy groups -OCH3 is 1. The lowest BCUT2D eigenvalue weighted by atomic mass is 9.92. The van der Waals surface area contributed by atoms with Gasteiger partial charge in [0.15, 0.2) is 0 Å². The second-order valence-corrected chi connectivity index (χ2v) is 5.76. The Balaban J connectivity index is 1.77. The van der Waals surface area contributed by atoms with E-state index in [0.29, 0.717) is 5.69 Å². The molecule has 1 aromatic rings. The highest BCUT2D eigenvalue weighted by Crippen LogP contribution is 2.34. The quantitative estimate of drug-likeness (QED) is 0.824. The van der Waals surface area contributed by atoms with Crippen molar-refractivity contribution in [3.63, 3.8) is 0 Å². The summed E-state index contributed by atoms with van der Waals surface area (Å²) in [6.45, 7) is 3.52. The van der Waals surface area contributed by atoms with Crippen LogP contribution in [0.1, 0.15) is 12.8 Å². The number of ether oxygens (including phenoxy) is 1. The molecule has 2 atom stereocenters. The maximum absolute atomic E-state index is 5.88. The van der Waals surface area contributed by atoms with Crippen molar-refractivity contribution in [2.75, 3.05) is 44.4 Å². The zero-order chi connectivity index (χ0) is 13.4. The van der Waals surface area contributed by atoms with Crippen molar-refractivity contribution in [1.29, 1.82) is 0 Å². The highest BCUT2D eigenvalue weighted by molar-refractivity contribution is 5.62. The van der Waals surface area contributed by atoms with E-state index in [0.717, 1.165) is 30.8 Å². The van der Waals surface area contributed by atoms with Gasteiger partial charge < -0.3 is 20.3 Å². The van der Waals surface area contributed by atoms with Gasteiger partial charge in [0.25, 0.3) is 0 Å². The van der Waals surface area contributed by atoms with Crippen molar-refractivity contribution < 1.29 is 4.74 Å². The third-order valence-electron chi connectivity index (χ3n) is 4.69. The van der Waals surface area contributed by atoms with E-state index in [1.54, 1.807) is 7.11 Å². The van der Waals surface area contributed by atoms with Crippen LogP contribution in [0.15, 0.2) is 18.2 Å². The lowest BCUT2D eigenvalue weighted by molar-refractivity contribution is 0.239. The van der Waals surface area contributed by atoms with Crippen LogP contribution in [0.4, 0.5) is 11.4 Å². The Morgan fingerprint density at radius 3 is 2.89 bits per heavy atom.